The third kappa shape index (κ3) is 4.41. The maximum absolute atomic E-state index is 13.8. The molecule has 3 nitrogen and oxygen atoms in total. The summed E-state index contributed by atoms with van der Waals surface area (Å²) in [7, 11) is -4.58. The van der Waals surface area contributed by atoms with Crippen LogP contribution in [0.15, 0.2) is 35.2 Å². The molecule has 0 aliphatic carbocycles. The number of sulfonamides is 1. The van der Waals surface area contributed by atoms with Crippen molar-refractivity contribution in [2.45, 2.75) is 17.6 Å². The Balaban J connectivity index is 2.37. The van der Waals surface area contributed by atoms with Crippen LogP contribution in [-0.4, -0.2) is 8.42 Å². The summed E-state index contributed by atoms with van der Waals surface area (Å²) in [6.07, 6.45) is -4.79. The zero-order valence-electron chi connectivity index (χ0n) is 12.0. The van der Waals surface area contributed by atoms with Gasteiger partial charge in [0.25, 0.3) is 0 Å². The van der Waals surface area contributed by atoms with Gasteiger partial charge in [0.05, 0.1) is 15.6 Å². The fourth-order valence-corrected chi connectivity index (χ4v) is 3.56. The van der Waals surface area contributed by atoms with E-state index in [1.807, 2.05) is 0 Å². The first-order valence-corrected chi connectivity index (χ1v) is 8.66. The molecule has 136 valence electrons. The molecule has 1 N–H and O–H groups in total. The molecule has 11 heteroatoms. The lowest BCUT2D eigenvalue weighted by Crippen LogP contribution is -2.25. The molecular formula is C14H8Cl2F5NO2S. The molecular weight excluding hydrogens is 412 g/mol. The van der Waals surface area contributed by atoms with Gasteiger partial charge < -0.3 is 0 Å². The molecule has 0 saturated heterocycles. The summed E-state index contributed by atoms with van der Waals surface area (Å²) in [6.45, 7) is -0.868. The van der Waals surface area contributed by atoms with E-state index in [2.05, 4.69) is 0 Å². The van der Waals surface area contributed by atoms with Crippen LogP contribution >= 0.6 is 23.2 Å². The van der Waals surface area contributed by atoms with Crippen molar-refractivity contribution < 1.29 is 30.4 Å². The van der Waals surface area contributed by atoms with Crippen molar-refractivity contribution in [3.05, 3.63) is 63.1 Å². The van der Waals surface area contributed by atoms with Crippen LogP contribution in [0.4, 0.5) is 22.0 Å². The number of benzene rings is 2. The summed E-state index contributed by atoms with van der Waals surface area (Å²) in [6, 6.07) is 3.46. The van der Waals surface area contributed by atoms with Gasteiger partial charge in [-0.1, -0.05) is 23.2 Å². The summed E-state index contributed by atoms with van der Waals surface area (Å²) in [5.74, 6) is -2.25. The third-order valence-electron chi connectivity index (χ3n) is 3.13. The lowest BCUT2D eigenvalue weighted by atomic mass is 10.2. The Hall–Kier alpha value is -1.42. The van der Waals surface area contributed by atoms with Gasteiger partial charge in [-0.25, -0.2) is 21.9 Å². The molecule has 0 radical (unpaired) electrons. The minimum Gasteiger partial charge on any atom is -0.207 e. The quantitative estimate of drug-likeness (QED) is 0.573. The van der Waals surface area contributed by atoms with Crippen LogP contribution in [-0.2, 0) is 22.7 Å². The van der Waals surface area contributed by atoms with Crippen LogP contribution < -0.4 is 4.72 Å². The van der Waals surface area contributed by atoms with Crippen LogP contribution in [0, 0.1) is 11.6 Å². The van der Waals surface area contributed by atoms with Crippen molar-refractivity contribution in [3.8, 4) is 0 Å². The molecule has 0 bridgehead atoms. The zero-order valence-corrected chi connectivity index (χ0v) is 14.3. The van der Waals surface area contributed by atoms with Gasteiger partial charge in [0.2, 0.25) is 10.0 Å². The van der Waals surface area contributed by atoms with Crippen molar-refractivity contribution in [1.29, 1.82) is 0 Å². The van der Waals surface area contributed by atoms with E-state index >= 15 is 0 Å². The van der Waals surface area contributed by atoms with E-state index < -0.39 is 60.4 Å². The number of alkyl halides is 3. The Kier molecular flexibility index (Phi) is 5.62. The number of nitrogens with one attached hydrogen (secondary N) is 1. The first-order chi connectivity index (χ1) is 11.4. The molecule has 2 aromatic rings. The molecule has 0 unspecified atom stereocenters. The average Bonchev–Trinajstić information content (AvgIpc) is 2.50. The molecule has 2 rings (SSSR count). The van der Waals surface area contributed by atoms with E-state index in [1.165, 1.54) is 0 Å². The second kappa shape index (κ2) is 7.06. The smallest absolute Gasteiger partial charge is 0.207 e. The Morgan fingerprint density at radius 3 is 2.20 bits per heavy atom. The van der Waals surface area contributed by atoms with E-state index in [4.69, 9.17) is 23.2 Å². The zero-order chi connectivity index (χ0) is 19.0. The molecule has 0 aliphatic heterocycles. The van der Waals surface area contributed by atoms with Gasteiger partial charge in [-0.2, -0.15) is 13.2 Å². The summed E-state index contributed by atoms with van der Waals surface area (Å²) in [4.78, 5) is -0.869. The highest BCUT2D eigenvalue weighted by Crippen LogP contribution is 2.33. The number of halogens is 7. The van der Waals surface area contributed by atoms with Gasteiger partial charge in [0.1, 0.15) is 16.5 Å². The maximum Gasteiger partial charge on any atom is 0.416 e. The minimum absolute atomic E-state index is 0.329. The number of rotatable bonds is 4. The minimum atomic E-state index is -4.79. The second-order valence-corrected chi connectivity index (χ2v) is 7.34. The molecule has 0 saturated carbocycles. The van der Waals surface area contributed by atoms with Crippen molar-refractivity contribution in [1.82, 2.24) is 4.72 Å². The summed E-state index contributed by atoms with van der Waals surface area (Å²) in [5, 5.41) is -0.916. The van der Waals surface area contributed by atoms with E-state index in [-0.39, 0.29) is 0 Å². The molecule has 0 amide bonds. The van der Waals surface area contributed by atoms with Gasteiger partial charge in [0, 0.05) is 12.1 Å². The van der Waals surface area contributed by atoms with Gasteiger partial charge >= 0.3 is 6.18 Å². The highest BCUT2D eigenvalue weighted by Gasteiger charge is 2.32. The first-order valence-electron chi connectivity index (χ1n) is 6.42. The fraction of sp³-hybridized carbons (Fsp3) is 0.143. The van der Waals surface area contributed by atoms with Crippen molar-refractivity contribution >= 4 is 33.2 Å². The van der Waals surface area contributed by atoms with E-state index in [1.54, 1.807) is 4.72 Å². The highest BCUT2D eigenvalue weighted by atomic mass is 35.5. The van der Waals surface area contributed by atoms with Crippen LogP contribution in [0.25, 0.3) is 0 Å². The number of hydrogen-bond acceptors (Lipinski definition) is 2. The second-order valence-electron chi connectivity index (χ2n) is 4.79. The first kappa shape index (κ1) is 19.9. The van der Waals surface area contributed by atoms with E-state index in [0.717, 1.165) is 18.2 Å². The fourth-order valence-electron chi connectivity index (χ4n) is 1.86. The van der Waals surface area contributed by atoms with Gasteiger partial charge in [0.15, 0.2) is 0 Å². The Morgan fingerprint density at radius 2 is 1.60 bits per heavy atom. The predicted molar refractivity (Wildman–Crippen MR) is 81.8 cm³/mol. The van der Waals surface area contributed by atoms with Crippen molar-refractivity contribution in [2.75, 3.05) is 0 Å². The van der Waals surface area contributed by atoms with Gasteiger partial charge in [-0.05, 0) is 30.3 Å². The summed E-state index contributed by atoms with van der Waals surface area (Å²) in [5.41, 5.74) is -1.92. The normalized spacial score (nSPS) is 12.4. The third-order valence-corrected chi connectivity index (χ3v) is 5.30. The Morgan fingerprint density at radius 1 is 1.00 bits per heavy atom. The van der Waals surface area contributed by atoms with E-state index in [0.29, 0.717) is 12.1 Å². The molecule has 0 heterocycles. The Bertz CT molecular complexity index is 916. The monoisotopic (exact) mass is 419 g/mol. The van der Waals surface area contributed by atoms with Crippen molar-refractivity contribution in [3.63, 3.8) is 0 Å². The molecule has 25 heavy (non-hydrogen) atoms. The molecule has 0 fully saturated rings. The van der Waals surface area contributed by atoms with Gasteiger partial charge in [-0.3, -0.25) is 0 Å². The largest absolute Gasteiger partial charge is 0.416 e. The number of hydrogen-bond donors (Lipinski definition) is 1. The molecule has 0 spiro atoms. The van der Waals surface area contributed by atoms with Crippen LogP contribution in [0.1, 0.15) is 11.1 Å². The van der Waals surface area contributed by atoms with Crippen LogP contribution in [0.2, 0.25) is 10.0 Å². The van der Waals surface area contributed by atoms with E-state index in [9.17, 15) is 30.4 Å². The average molecular weight is 420 g/mol. The standard InChI is InChI=1S/C14H8Cl2F5NO2S/c15-9-2-1-7(14(19,20)21)5-12(9)25(23,24)22-6-8-11(17)4-3-10(16)13(8)18/h1-5,22H,6H2. The molecule has 0 aromatic heterocycles. The summed E-state index contributed by atoms with van der Waals surface area (Å²) < 4.78 is 91.7. The molecule has 0 atom stereocenters. The lowest BCUT2D eigenvalue weighted by molar-refractivity contribution is -0.137. The topological polar surface area (TPSA) is 46.2 Å². The van der Waals surface area contributed by atoms with Crippen LogP contribution in [0.3, 0.4) is 0 Å². The predicted octanol–water partition coefficient (Wildman–Crippen LogP) is 4.77. The van der Waals surface area contributed by atoms with Gasteiger partial charge in [-0.15, -0.1) is 0 Å². The molecule has 0 aliphatic rings. The summed E-state index contributed by atoms with van der Waals surface area (Å²) >= 11 is 11.1. The Labute approximate surface area is 149 Å². The molecule has 2 aromatic carbocycles. The van der Waals surface area contributed by atoms with Crippen LogP contribution in [0.5, 0.6) is 0 Å². The lowest BCUT2D eigenvalue weighted by Gasteiger charge is -2.13. The van der Waals surface area contributed by atoms with Crippen molar-refractivity contribution in [2.24, 2.45) is 0 Å². The maximum atomic E-state index is 13.8. The SMILES string of the molecule is O=S(=O)(NCc1c(F)ccc(Cl)c1F)c1cc(C(F)(F)F)ccc1Cl. The highest BCUT2D eigenvalue weighted by molar-refractivity contribution is 7.89.